The number of halogens is 3. The van der Waals surface area contributed by atoms with Crippen LogP contribution in [0.4, 0.5) is 13.2 Å². The van der Waals surface area contributed by atoms with E-state index in [9.17, 15) is 18.0 Å². The number of hydrogen-bond donors (Lipinski definition) is 0. The lowest BCUT2D eigenvalue weighted by molar-refractivity contribution is -0.152. The summed E-state index contributed by atoms with van der Waals surface area (Å²) in [4.78, 5) is 11.7. The summed E-state index contributed by atoms with van der Waals surface area (Å²) in [5.41, 5.74) is -0.236. The number of ether oxygens (including phenoxy) is 1. The van der Waals surface area contributed by atoms with Gasteiger partial charge in [-0.05, 0) is 24.6 Å². The average molecular weight is 258 g/mol. The molecule has 0 bridgehead atoms. The molecule has 0 amide bonds. The lowest BCUT2D eigenvalue weighted by atomic mass is 10.1. The van der Waals surface area contributed by atoms with Gasteiger partial charge in [0.2, 0.25) is 5.76 Å². The zero-order valence-corrected chi connectivity index (χ0v) is 9.59. The van der Waals surface area contributed by atoms with Gasteiger partial charge in [-0.1, -0.05) is 0 Å². The quantitative estimate of drug-likeness (QED) is 0.788. The molecule has 1 aromatic carbocycles. The second-order valence-electron chi connectivity index (χ2n) is 3.82. The van der Waals surface area contributed by atoms with Crippen LogP contribution in [0.15, 0.2) is 27.4 Å². The van der Waals surface area contributed by atoms with Crippen molar-refractivity contribution in [2.24, 2.45) is 0 Å². The van der Waals surface area contributed by atoms with Crippen molar-refractivity contribution in [2.75, 3.05) is 7.11 Å². The lowest BCUT2D eigenvalue weighted by Crippen LogP contribution is -2.11. The van der Waals surface area contributed by atoms with Gasteiger partial charge in [-0.3, -0.25) is 4.79 Å². The predicted octanol–water partition coefficient (Wildman–Crippen LogP) is 3.13. The molecule has 0 fully saturated rings. The molecule has 6 heteroatoms. The first kappa shape index (κ1) is 12.5. The number of hydrogen-bond acceptors (Lipinski definition) is 3. The van der Waals surface area contributed by atoms with Crippen LogP contribution in [0, 0.1) is 6.92 Å². The molecule has 96 valence electrons. The summed E-state index contributed by atoms with van der Waals surface area (Å²) in [6, 6.07) is 3.41. The molecule has 0 aliphatic carbocycles. The van der Waals surface area contributed by atoms with E-state index < -0.39 is 17.4 Å². The van der Waals surface area contributed by atoms with Gasteiger partial charge in [0.25, 0.3) is 0 Å². The summed E-state index contributed by atoms with van der Waals surface area (Å²) in [6.45, 7) is 1.71. The van der Waals surface area contributed by atoms with Crippen molar-refractivity contribution in [2.45, 2.75) is 13.1 Å². The molecular formula is C12H9F3O3. The highest BCUT2D eigenvalue weighted by atomic mass is 19.4. The van der Waals surface area contributed by atoms with Gasteiger partial charge in [0.1, 0.15) is 0 Å². The highest BCUT2D eigenvalue weighted by Gasteiger charge is 2.35. The van der Waals surface area contributed by atoms with E-state index in [-0.39, 0.29) is 16.7 Å². The molecule has 1 heterocycles. The molecule has 0 atom stereocenters. The minimum absolute atomic E-state index is 0.0693. The maximum Gasteiger partial charge on any atom is 0.449 e. The van der Waals surface area contributed by atoms with Crippen LogP contribution in [0.1, 0.15) is 11.3 Å². The standard InChI is InChI=1S/C12H9F3O3/c1-6-3-7-8(16)5-10(12(13,14)15)18-11(7)9(4-6)17-2/h3-5H,1-2H3. The Hall–Kier alpha value is -1.98. The average Bonchev–Trinajstić information content (AvgIpc) is 2.27. The van der Waals surface area contributed by atoms with Gasteiger partial charge in [0.15, 0.2) is 16.8 Å². The monoisotopic (exact) mass is 258 g/mol. The number of rotatable bonds is 1. The first-order valence-corrected chi connectivity index (χ1v) is 5.02. The Morgan fingerprint density at radius 2 is 1.89 bits per heavy atom. The van der Waals surface area contributed by atoms with Crippen molar-refractivity contribution in [3.8, 4) is 5.75 Å². The first-order chi connectivity index (χ1) is 8.32. The summed E-state index contributed by atoms with van der Waals surface area (Å²) >= 11 is 0. The van der Waals surface area contributed by atoms with Gasteiger partial charge in [0, 0.05) is 6.07 Å². The van der Waals surface area contributed by atoms with Crippen LogP contribution in [0.3, 0.4) is 0 Å². The smallest absolute Gasteiger partial charge is 0.449 e. The molecule has 3 nitrogen and oxygen atoms in total. The molecule has 0 saturated carbocycles. The van der Waals surface area contributed by atoms with Crippen LogP contribution in [-0.2, 0) is 6.18 Å². The Balaban J connectivity index is 2.87. The summed E-state index contributed by atoms with van der Waals surface area (Å²) in [5, 5.41) is 0.0693. The molecule has 0 aliphatic heterocycles. The normalized spacial score (nSPS) is 11.8. The zero-order valence-electron chi connectivity index (χ0n) is 9.59. The molecular weight excluding hydrogens is 249 g/mol. The van der Waals surface area contributed by atoms with Crippen molar-refractivity contribution >= 4 is 11.0 Å². The van der Waals surface area contributed by atoms with E-state index in [1.807, 2.05) is 0 Å². The number of alkyl halides is 3. The van der Waals surface area contributed by atoms with Crippen molar-refractivity contribution in [3.05, 3.63) is 39.7 Å². The summed E-state index contributed by atoms with van der Waals surface area (Å²) < 4.78 is 47.3. The van der Waals surface area contributed by atoms with Gasteiger partial charge in [-0.2, -0.15) is 13.2 Å². The fourth-order valence-corrected chi connectivity index (χ4v) is 1.66. The van der Waals surface area contributed by atoms with Crippen molar-refractivity contribution in [1.29, 1.82) is 0 Å². The molecule has 2 aromatic rings. The second kappa shape index (κ2) is 4.04. The largest absolute Gasteiger partial charge is 0.493 e. The molecule has 0 saturated heterocycles. The Kier molecular flexibility index (Phi) is 2.80. The Morgan fingerprint density at radius 3 is 2.44 bits per heavy atom. The topological polar surface area (TPSA) is 39.4 Å². The van der Waals surface area contributed by atoms with Gasteiger partial charge in [-0.15, -0.1) is 0 Å². The van der Waals surface area contributed by atoms with Gasteiger partial charge in [0.05, 0.1) is 12.5 Å². The van der Waals surface area contributed by atoms with Crippen LogP contribution in [0.5, 0.6) is 5.75 Å². The predicted molar refractivity (Wildman–Crippen MR) is 58.8 cm³/mol. The molecule has 0 radical (unpaired) electrons. The summed E-state index contributed by atoms with van der Waals surface area (Å²) in [6.07, 6.45) is -4.71. The maximum atomic E-state index is 12.5. The molecule has 2 rings (SSSR count). The Bertz CT molecular complexity index is 656. The fourth-order valence-electron chi connectivity index (χ4n) is 1.66. The van der Waals surface area contributed by atoms with Crippen LogP contribution >= 0.6 is 0 Å². The molecule has 0 spiro atoms. The number of benzene rings is 1. The van der Waals surface area contributed by atoms with Crippen molar-refractivity contribution < 1.29 is 22.3 Å². The third-order valence-electron chi connectivity index (χ3n) is 2.44. The van der Waals surface area contributed by atoms with Gasteiger partial charge < -0.3 is 9.15 Å². The van der Waals surface area contributed by atoms with Crippen LogP contribution in [-0.4, -0.2) is 7.11 Å². The lowest BCUT2D eigenvalue weighted by Gasteiger charge is -2.09. The van der Waals surface area contributed by atoms with Gasteiger partial charge >= 0.3 is 6.18 Å². The third-order valence-corrected chi connectivity index (χ3v) is 2.44. The van der Waals surface area contributed by atoms with E-state index in [0.29, 0.717) is 11.6 Å². The molecule has 18 heavy (non-hydrogen) atoms. The minimum Gasteiger partial charge on any atom is -0.493 e. The zero-order chi connectivity index (χ0) is 13.5. The number of aryl methyl sites for hydroxylation is 1. The van der Waals surface area contributed by atoms with Crippen molar-refractivity contribution in [3.63, 3.8) is 0 Å². The fraction of sp³-hybridized carbons (Fsp3) is 0.250. The van der Waals surface area contributed by atoms with E-state index in [0.717, 1.165) is 0 Å². The Morgan fingerprint density at radius 1 is 1.22 bits per heavy atom. The van der Waals surface area contributed by atoms with Crippen molar-refractivity contribution in [1.82, 2.24) is 0 Å². The molecule has 1 aromatic heterocycles. The second-order valence-corrected chi connectivity index (χ2v) is 3.82. The summed E-state index contributed by atoms with van der Waals surface area (Å²) in [7, 11) is 1.30. The van der Waals surface area contributed by atoms with Crippen LogP contribution < -0.4 is 10.2 Å². The molecule has 0 aliphatic rings. The number of methoxy groups -OCH3 is 1. The minimum atomic E-state index is -4.71. The number of fused-ring (bicyclic) bond motifs is 1. The maximum absolute atomic E-state index is 12.5. The van der Waals surface area contributed by atoms with E-state index in [4.69, 9.17) is 9.15 Å². The molecule has 0 N–H and O–H groups in total. The first-order valence-electron chi connectivity index (χ1n) is 5.02. The van der Waals surface area contributed by atoms with E-state index in [2.05, 4.69) is 0 Å². The van der Waals surface area contributed by atoms with Gasteiger partial charge in [-0.25, -0.2) is 0 Å². The van der Waals surface area contributed by atoms with Crippen LogP contribution in [0.25, 0.3) is 11.0 Å². The summed E-state index contributed by atoms with van der Waals surface area (Å²) in [5.74, 6) is -1.23. The highest BCUT2D eigenvalue weighted by molar-refractivity contribution is 5.83. The SMILES string of the molecule is COc1cc(C)cc2c(=O)cc(C(F)(F)F)oc12. The van der Waals surface area contributed by atoms with E-state index >= 15 is 0 Å². The van der Waals surface area contributed by atoms with E-state index in [1.165, 1.54) is 19.2 Å². The third kappa shape index (κ3) is 2.05. The molecule has 0 unspecified atom stereocenters. The van der Waals surface area contributed by atoms with E-state index in [1.54, 1.807) is 6.92 Å². The Labute approximate surface area is 99.8 Å². The van der Waals surface area contributed by atoms with Crippen LogP contribution in [0.2, 0.25) is 0 Å². The highest BCUT2D eigenvalue weighted by Crippen LogP contribution is 2.33.